The molecule has 1 unspecified atom stereocenters. The third-order valence-corrected chi connectivity index (χ3v) is 7.48. The van der Waals surface area contributed by atoms with Gasteiger partial charge < -0.3 is 14.8 Å². The SMILES string of the molecule is Cc1c(-c2cc(Cl)c3nnc(NC(=O)[C@@H]4CC4c4cnn(C)c4)cc3c2)cnc2c1N(C(=O)OC(C)(C)C)CCO2. The number of carbonyl (C=O) groups is 2. The highest BCUT2D eigenvalue weighted by atomic mass is 35.5. The van der Waals surface area contributed by atoms with Gasteiger partial charge in [0.25, 0.3) is 0 Å². The van der Waals surface area contributed by atoms with Crippen molar-refractivity contribution in [1.82, 2.24) is 25.0 Å². The maximum Gasteiger partial charge on any atom is 0.415 e. The monoisotopic (exact) mass is 575 g/mol. The van der Waals surface area contributed by atoms with Crippen LogP contribution in [0.15, 0.2) is 36.8 Å². The van der Waals surface area contributed by atoms with Crippen LogP contribution in [0.4, 0.5) is 16.3 Å². The summed E-state index contributed by atoms with van der Waals surface area (Å²) in [6.07, 6.45) is 5.75. The van der Waals surface area contributed by atoms with Crippen LogP contribution >= 0.6 is 11.6 Å². The lowest BCUT2D eigenvalue weighted by Crippen LogP contribution is -2.42. The Kier molecular flexibility index (Phi) is 6.56. The maximum absolute atomic E-state index is 13.0. The lowest BCUT2D eigenvalue weighted by atomic mass is 9.99. The topological polar surface area (TPSA) is 124 Å². The summed E-state index contributed by atoms with van der Waals surface area (Å²) in [5, 5.41) is 16.7. The molecule has 0 radical (unpaired) electrons. The van der Waals surface area contributed by atoms with Crippen molar-refractivity contribution in [3.8, 4) is 17.0 Å². The number of hydrogen-bond donors (Lipinski definition) is 1. The first-order chi connectivity index (χ1) is 19.5. The smallest absolute Gasteiger partial charge is 0.415 e. The van der Waals surface area contributed by atoms with Gasteiger partial charge in [0, 0.05) is 36.3 Å². The Morgan fingerprint density at radius 3 is 2.71 bits per heavy atom. The molecule has 1 aromatic carbocycles. The molecule has 0 saturated heterocycles. The first kappa shape index (κ1) is 26.9. The van der Waals surface area contributed by atoms with Crippen LogP contribution in [0, 0.1) is 12.8 Å². The highest BCUT2D eigenvalue weighted by Gasteiger charge is 2.44. The minimum absolute atomic E-state index is 0.105. The number of pyridine rings is 1. The van der Waals surface area contributed by atoms with E-state index < -0.39 is 11.7 Å². The Hall–Kier alpha value is -4.25. The Labute approximate surface area is 241 Å². The average Bonchev–Trinajstić information content (AvgIpc) is 3.60. The largest absolute Gasteiger partial charge is 0.474 e. The van der Waals surface area contributed by atoms with Crippen LogP contribution in [-0.2, 0) is 16.6 Å². The standard InChI is InChI=1S/C29H30ClN7O4/c1-15-21(13-31-27-25(15)37(6-7-40-27)28(39)41-29(2,3)4)16-8-17-10-23(34-35-24(17)22(30)9-16)33-26(38)20-11-19(20)18-12-32-36(5)14-18/h8-10,12-14,19-20H,6-7,11H2,1-5H3,(H,33,34,38)/t19?,20-/m1/s1. The Morgan fingerprint density at radius 2 is 1.98 bits per heavy atom. The first-order valence-corrected chi connectivity index (χ1v) is 13.8. The van der Waals surface area contributed by atoms with Crippen molar-refractivity contribution in [2.45, 2.75) is 45.6 Å². The minimum Gasteiger partial charge on any atom is -0.474 e. The van der Waals surface area contributed by atoms with Crippen LogP contribution in [0.2, 0.25) is 5.02 Å². The van der Waals surface area contributed by atoms with Gasteiger partial charge in [-0.1, -0.05) is 11.6 Å². The molecular weight excluding hydrogens is 546 g/mol. The van der Waals surface area contributed by atoms with Crippen LogP contribution in [-0.4, -0.2) is 55.7 Å². The van der Waals surface area contributed by atoms with E-state index in [2.05, 4.69) is 25.6 Å². The van der Waals surface area contributed by atoms with E-state index in [-0.39, 0.29) is 17.7 Å². The summed E-state index contributed by atoms with van der Waals surface area (Å²) in [5.41, 5.74) is 3.82. The second kappa shape index (κ2) is 9.99. The van der Waals surface area contributed by atoms with Gasteiger partial charge in [0.2, 0.25) is 11.8 Å². The number of carbonyl (C=O) groups excluding carboxylic acids is 2. The maximum atomic E-state index is 13.0. The van der Waals surface area contributed by atoms with E-state index in [1.54, 1.807) is 34.1 Å². The molecule has 1 aliphatic carbocycles. The van der Waals surface area contributed by atoms with Gasteiger partial charge in [0.05, 0.1) is 17.8 Å². The van der Waals surface area contributed by atoms with E-state index in [1.807, 2.05) is 47.0 Å². The molecule has 3 aromatic heterocycles. The number of amides is 2. The molecule has 4 heterocycles. The zero-order valence-corrected chi connectivity index (χ0v) is 24.2. The minimum atomic E-state index is -0.645. The van der Waals surface area contributed by atoms with Gasteiger partial charge in [-0.3, -0.25) is 14.4 Å². The summed E-state index contributed by atoms with van der Waals surface area (Å²) in [4.78, 5) is 32.0. The van der Waals surface area contributed by atoms with Crippen LogP contribution in [0.1, 0.15) is 44.2 Å². The Bertz CT molecular complexity index is 1700. The van der Waals surface area contributed by atoms with Crippen molar-refractivity contribution in [1.29, 1.82) is 0 Å². The van der Waals surface area contributed by atoms with Crippen LogP contribution < -0.4 is 15.0 Å². The summed E-state index contributed by atoms with van der Waals surface area (Å²) in [6.45, 7) is 8.05. The lowest BCUT2D eigenvalue weighted by Gasteiger charge is -2.32. The molecule has 1 N–H and O–H groups in total. The van der Waals surface area contributed by atoms with Gasteiger partial charge in [-0.25, -0.2) is 9.78 Å². The molecule has 2 aliphatic rings. The molecule has 4 aromatic rings. The summed E-state index contributed by atoms with van der Waals surface area (Å²) < 4.78 is 13.1. The van der Waals surface area contributed by atoms with E-state index in [9.17, 15) is 9.59 Å². The van der Waals surface area contributed by atoms with Gasteiger partial charge >= 0.3 is 6.09 Å². The van der Waals surface area contributed by atoms with Crippen molar-refractivity contribution >= 4 is 46.0 Å². The van der Waals surface area contributed by atoms with Crippen molar-refractivity contribution in [3.05, 3.63) is 52.9 Å². The van der Waals surface area contributed by atoms with E-state index in [0.717, 1.165) is 28.7 Å². The van der Waals surface area contributed by atoms with Gasteiger partial charge in [0.15, 0.2) is 5.82 Å². The number of nitrogens with one attached hydrogen (secondary N) is 1. The quantitative estimate of drug-likeness (QED) is 0.349. The zero-order valence-electron chi connectivity index (χ0n) is 23.4. The van der Waals surface area contributed by atoms with Crippen molar-refractivity contribution in [3.63, 3.8) is 0 Å². The number of hydrogen-bond acceptors (Lipinski definition) is 8. The van der Waals surface area contributed by atoms with E-state index in [4.69, 9.17) is 21.1 Å². The number of benzene rings is 1. The number of ether oxygens (including phenoxy) is 2. The second-order valence-corrected chi connectivity index (χ2v) is 11.8. The van der Waals surface area contributed by atoms with Gasteiger partial charge in [-0.2, -0.15) is 5.10 Å². The fourth-order valence-corrected chi connectivity index (χ4v) is 5.43. The summed E-state index contributed by atoms with van der Waals surface area (Å²) in [5.74, 6) is 0.632. The molecule has 0 spiro atoms. The van der Waals surface area contributed by atoms with Crippen molar-refractivity contribution in [2.75, 3.05) is 23.4 Å². The van der Waals surface area contributed by atoms with E-state index in [0.29, 0.717) is 46.5 Å². The fourth-order valence-electron chi connectivity index (χ4n) is 5.16. The number of anilines is 2. The van der Waals surface area contributed by atoms with Crippen molar-refractivity contribution in [2.24, 2.45) is 13.0 Å². The molecule has 1 aliphatic heterocycles. The average molecular weight is 576 g/mol. The summed E-state index contributed by atoms with van der Waals surface area (Å²) in [6, 6.07) is 5.46. The van der Waals surface area contributed by atoms with E-state index >= 15 is 0 Å². The van der Waals surface area contributed by atoms with E-state index in [1.165, 1.54) is 0 Å². The van der Waals surface area contributed by atoms with Gasteiger partial charge in [0.1, 0.15) is 23.4 Å². The molecule has 6 rings (SSSR count). The number of aromatic nitrogens is 5. The number of halogens is 1. The van der Waals surface area contributed by atoms with Crippen LogP contribution in [0.5, 0.6) is 5.88 Å². The molecule has 2 atom stereocenters. The molecule has 0 bridgehead atoms. The predicted molar refractivity (Wildman–Crippen MR) is 154 cm³/mol. The normalized spacial score (nSPS) is 18.0. The molecule has 1 saturated carbocycles. The van der Waals surface area contributed by atoms with Gasteiger partial charge in [-0.15, -0.1) is 10.2 Å². The molecule has 1 fully saturated rings. The van der Waals surface area contributed by atoms with Crippen molar-refractivity contribution < 1.29 is 19.1 Å². The predicted octanol–water partition coefficient (Wildman–Crippen LogP) is 5.26. The third kappa shape index (κ3) is 5.29. The Morgan fingerprint density at radius 1 is 1.17 bits per heavy atom. The summed E-state index contributed by atoms with van der Waals surface area (Å²) >= 11 is 6.64. The van der Waals surface area contributed by atoms with Crippen LogP contribution in [0.3, 0.4) is 0 Å². The first-order valence-electron chi connectivity index (χ1n) is 13.4. The number of aryl methyl sites for hydroxylation is 1. The lowest BCUT2D eigenvalue weighted by molar-refractivity contribution is -0.117. The summed E-state index contributed by atoms with van der Waals surface area (Å²) in [7, 11) is 1.86. The molecule has 12 heteroatoms. The van der Waals surface area contributed by atoms with Gasteiger partial charge in [-0.05, 0) is 74.9 Å². The number of fused-ring (bicyclic) bond motifs is 2. The number of rotatable bonds is 4. The molecular formula is C29H30ClN7O4. The molecule has 41 heavy (non-hydrogen) atoms. The second-order valence-electron chi connectivity index (χ2n) is 11.4. The fraction of sp³-hybridized carbons (Fsp3) is 0.379. The zero-order chi connectivity index (χ0) is 29.1. The third-order valence-electron chi connectivity index (χ3n) is 7.20. The van der Waals surface area contributed by atoms with Crippen LogP contribution in [0.25, 0.3) is 22.0 Å². The molecule has 11 nitrogen and oxygen atoms in total. The number of nitrogens with zero attached hydrogens (tertiary/aromatic N) is 6. The highest BCUT2D eigenvalue weighted by Crippen LogP contribution is 2.48. The molecule has 212 valence electrons. The highest BCUT2D eigenvalue weighted by molar-refractivity contribution is 6.35. The Balaban J connectivity index is 1.29. The molecule has 2 amide bonds.